The lowest BCUT2D eigenvalue weighted by molar-refractivity contribution is 0.718. The Kier molecular flexibility index (Phi) is 2.75. The van der Waals surface area contributed by atoms with E-state index in [-0.39, 0.29) is 0 Å². The minimum absolute atomic E-state index is 0.711. The maximum Gasteiger partial charge on any atom is 0.0191 e. The lowest BCUT2D eigenvalue weighted by Gasteiger charge is -2.03. The van der Waals surface area contributed by atoms with Gasteiger partial charge in [-0.2, -0.15) is 0 Å². The van der Waals surface area contributed by atoms with Crippen LogP contribution in [0.5, 0.6) is 0 Å². The fourth-order valence-corrected chi connectivity index (χ4v) is 1.18. The molecule has 1 heterocycles. The maximum absolute atomic E-state index is 2.27. The Balaban J connectivity index is 2.71. The van der Waals surface area contributed by atoms with Crippen molar-refractivity contribution < 1.29 is 0 Å². The number of hydrogen-bond acceptors (Lipinski definition) is 0. The van der Waals surface area contributed by atoms with E-state index in [0.717, 1.165) is 6.54 Å². The van der Waals surface area contributed by atoms with Crippen LogP contribution in [0.2, 0.25) is 0 Å². The highest BCUT2D eigenvalue weighted by Gasteiger charge is 2.02. The second-order valence-electron chi connectivity index (χ2n) is 3.08. The van der Waals surface area contributed by atoms with Gasteiger partial charge in [0.05, 0.1) is 0 Å². The summed E-state index contributed by atoms with van der Waals surface area (Å²) in [6.07, 6.45) is 5.63. The molecule has 0 aliphatic carbocycles. The van der Waals surface area contributed by atoms with Crippen LogP contribution in [0.1, 0.15) is 38.7 Å². The molecule has 0 aliphatic heterocycles. The third-order valence-electron chi connectivity index (χ3n) is 2.32. The summed E-state index contributed by atoms with van der Waals surface area (Å²) in [5.41, 5.74) is 1.47. The number of aromatic nitrogens is 1. The van der Waals surface area contributed by atoms with Gasteiger partial charge in [0, 0.05) is 18.9 Å². The third-order valence-corrected chi connectivity index (χ3v) is 2.32. The van der Waals surface area contributed by atoms with Crippen LogP contribution in [0.3, 0.4) is 0 Å². The summed E-state index contributed by atoms with van der Waals surface area (Å²) in [5.74, 6) is 0.711. The molecule has 11 heavy (non-hydrogen) atoms. The zero-order valence-corrected chi connectivity index (χ0v) is 7.67. The van der Waals surface area contributed by atoms with Gasteiger partial charge in [-0.3, -0.25) is 0 Å². The lowest BCUT2D eigenvalue weighted by Crippen LogP contribution is -1.90. The molecule has 0 aromatic carbocycles. The van der Waals surface area contributed by atoms with Crippen molar-refractivity contribution in [2.45, 2.75) is 39.7 Å². The Morgan fingerprint density at radius 2 is 2.18 bits per heavy atom. The first-order valence-electron chi connectivity index (χ1n) is 4.43. The molecule has 0 fully saturated rings. The standard InChI is InChI=1S/C10H17N/c1-4-9(3)10-6-7-11(5-2)8-10/h6-9H,4-5H2,1-3H3. The molecule has 1 rings (SSSR count). The van der Waals surface area contributed by atoms with Crippen molar-refractivity contribution in [2.75, 3.05) is 0 Å². The predicted molar refractivity (Wildman–Crippen MR) is 48.8 cm³/mol. The van der Waals surface area contributed by atoms with Crippen LogP contribution in [-0.4, -0.2) is 4.57 Å². The second kappa shape index (κ2) is 3.61. The molecule has 1 aromatic rings. The number of aryl methyl sites for hydroxylation is 1. The van der Waals surface area contributed by atoms with Crippen LogP contribution in [0.25, 0.3) is 0 Å². The van der Waals surface area contributed by atoms with E-state index in [1.54, 1.807) is 0 Å². The molecular weight excluding hydrogens is 134 g/mol. The van der Waals surface area contributed by atoms with Crippen molar-refractivity contribution in [3.05, 3.63) is 24.0 Å². The monoisotopic (exact) mass is 151 g/mol. The molecule has 0 spiro atoms. The van der Waals surface area contributed by atoms with E-state index in [1.165, 1.54) is 12.0 Å². The molecule has 0 saturated carbocycles. The number of rotatable bonds is 3. The average Bonchev–Trinajstić information content (AvgIpc) is 2.50. The molecule has 62 valence electrons. The molecule has 0 N–H and O–H groups in total. The smallest absolute Gasteiger partial charge is 0.0191 e. The largest absolute Gasteiger partial charge is 0.354 e. The van der Waals surface area contributed by atoms with Gasteiger partial charge in [0.1, 0.15) is 0 Å². The highest BCUT2D eigenvalue weighted by Crippen LogP contribution is 2.18. The lowest BCUT2D eigenvalue weighted by atomic mass is 10.0. The molecule has 1 atom stereocenters. The van der Waals surface area contributed by atoms with E-state index in [2.05, 4.69) is 43.8 Å². The Morgan fingerprint density at radius 1 is 1.45 bits per heavy atom. The molecule has 0 bridgehead atoms. The molecular formula is C10H17N. The van der Waals surface area contributed by atoms with Crippen LogP contribution >= 0.6 is 0 Å². The Labute approximate surface area is 69.0 Å². The average molecular weight is 151 g/mol. The summed E-state index contributed by atoms with van der Waals surface area (Å²) in [6.45, 7) is 7.75. The van der Waals surface area contributed by atoms with Gasteiger partial charge in [0.2, 0.25) is 0 Å². The summed E-state index contributed by atoms with van der Waals surface area (Å²) in [7, 11) is 0. The van der Waals surface area contributed by atoms with E-state index in [0.29, 0.717) is 5.92 Å². The van der Waals surface area contributed by atoms with E-state index in [9.17, 15) is 0 Å². The van der Waals surface area contributed by atoms with Crippen molar-refractivity contribution in [3.8, 4) is 0 Å². The first kappa shape index (κ1) is 8.38. The zero-order valence-electron chi connectivity index (χ0n) is 7.67. The molecule has 0 amide bonds. The molecule has 0 saturated heterocycles. The molecule has 1 heteroatoms. The highest BCUT2D eigenvalue weighted by atomic mass is 14.9. The molecule has 0 radical (unpaired) electrons. The summed E-state index contributed by atoms with van der Waals surface area (Å²) < 4.78 is 2.22. The van der Waals surface area contributed by atoms with Crippen LogP contribution in [0, 0.1) is 0 Å². The molecule has 1 nitrogen and oxygen atoms in total. The summed E-state index contributed by atoms with van der Waals surface area (Å²) >= 11 is 0. The van der Waals surface area contributed by atoms with Crippen LogP contribution < -0.4 is 0 Å². The van der Waals surface area contributed by atoms with Gasteiger partial charge in [-0.25, -0.2) is 0 Å². The quantitative estimate of drug-likeness (QED) is 0.625. The van der Waals surface area contributed by atoms with E-state index < -0.39 is 0 Å². The highest BCUT2D eigenvalue weighted by molar-refractivity contribution is 5.14. The summed E-state index contributed by atoms with van der Waals surface area (Å²) in [6, 6.07) is 2.22. The predicted octanol–water partition coefficient (Wildman–Crippen LogP) is 3.02. The van der Waals surface area contributed by atoms with Gasteiger partial charge < -0.3 is 4.57 Å². The first-order chi connectivity index (χ1) is 5.27. The van der Waals surface area contributed by atoms with E-state index >= 15 is 0 Å². The number of nitrogens with zero attached hydrogens (tertiary/aromatic N) is 1. The summed E-state index contributed by atoms with van der Waals surface area (Å²) in [4.78, 5) is 0. The Morgan fingerprint density at radius 3 is 2.64 bits per heavy atom. The second-order valence-corrected chi connectivity index (χ2v) is 3.08. The summed E-state index contributed by atoms with van der Waals surface area (Å²) in [5, 5.41) is 0. The fraction of sp³-hybridized carbons (Fsp3) is 0.600. The molecule has 1 unspecified atom stereocenters. The van der Waals surface area contributed by atoms with E-state index in [1.807, 2.05) is 0 Å². The molecule has 0 aliphatic rings. The van der Waals surface area contributed by atoms with Crippen molar-refractivity contribution >= 4 is 0 Å². The fourth-order valence-electron chi connectivity index (χ4n) is 1.18. The van der Waals surface area contributed by atoms with Crippen molar-refractivity contribution in [1.29, 1.82) is 0 Å². The van der Waals surface area contributed by atoms with Gasteiger partial charge in [-0.15, -0.1) is 0 Å². The minimum Gasteiger partial charge on any atom is -0.354 e. The van der Waals surface area contributed by atoms with E-state index in [4.69, 9.17) is 0 Å². The third kappa shape index (κ3) is 1.86. The van der Waals surface area contributed by atoms with Gasteiger partial charge in [-0.1, -0.05) is 13.8 Å². The van der Waals surface area contributed by atoms with Gasteiger partial charge in [0.15, 0.2) is 0 Å². The molecule has 1 aromatic heterocycles. The van der Waals surface area contributed by atoms with Crippen molar-refractivity contribution in [1.82, 2.24) is 4.57 Å². The Hall–Kier alpha value is -0.720. The minimum atomic E-state index is 0.711. The Bertz CT molecular complexity index is 212. The van der Waals surface area contributed by atoms with Crippen LogP contribution in [-0.2, 0) is 6.54 Å². The first-order valence-corrected chi connectivity index (χ1v) is 4.43. The maximum atomic E-state index is 2.27. The van der Waals surface area contributed by atoms with Gasteiger partial charge >= 0.3 is 0 Å². The van der Waals surface area contributed by atoms with Gasteiger partial charge in [0.25, 0.3) is 0 Å². The van der Waals surface area contributed by atoms with Crippen LogP contribution in [0.4, 0.5) is 0 Å². The van der Waals surface area contributed by atoms with Crippen molar-refractivity contribution in [2.24, 2.45) is 0 Å². The SMILES string of the molecule is CCC(C)c1ccn(CC)c1. The van der Waals surface area contributed by atoms with Gasteiger partial charge in [-0.05, 0) is 30.9 Å². The zero-order chi connectivity index (χ0) is 8.27. The number of hydrogen-bond donors (Lipinski definition) is 0. The van der Waals surface area contributed by atoms with Crippen molar-refractivity contribution in [3.63, 3.8) is 0 Å². The topological polar surface area (TPSA) is 4.93 Å². The van der Waals surface area contributed by atoms with Crippen LogP contribution in [0.15, 0.2) is 18.5 Å². The normalized spacial score (nSPS) is 13.4.